The van der Waals surface area contributed by atoms with Gasteiger partial charge in [0.15, 0.2) is 0 Å². The van der Waals surface area contributed by atoms with Crippen LogP contribution in [0.2, 0.25) is 0 Å². The molecule has 242 valence electrons. The number of carboxylic acids is 1. The number of rotatable bonds is 33. The predicted octanol–water partition coefficient (Wildman–Crippen LogP) is 12.3. The Balaban J connectivity index is 3.32. The SMILES string of the molecule is CCCCCCCC/C=C\CCCCCCCCCC(=O)OC(C)CCCCCCCCCCCCCCC(=O)O. The third-order valence-corrected chi connectivity index (χ3v) is 8.23. The highest BCUT2D eigenvalue weighted by Gasteiger charge is 2.09. The number of carbonyl (C=O) groups is 2. The molecule has 0 saturated heterocycles. The zero-order valence-corrected chi connectivity index (χ0v) is 27.6. The van der Waals surface area contributed by atoms with E-state index in [0.717, 1.165) is 38.5 Å². The lowest BCUT2D eigenvalue weighted by Gasteiger charge is -2.13. The summed E-state index contributed by atoms with van der Waals surface area (Å²) in [5.41, 5.74) is 0. The van der Waals surface area contributed by atoms with E-state index in [9.17, 15) is 9.59 Å². The van der Waals surface area contributed by atoms with E-state index in [4.69, 9.17) is 9.84 Å². The van der Waals surface area contributed by atoms with Crippen molar-refractivity contribution < 1.29 is 19.4 Å². The molecule has 0 aliphatic rings. The molecule has 0 heterocycles. The second kappa shape index (κ2) is 33.2. The van der Waals surface area contributed by atoms with Crippen LogP contribution in [0.4, 0.5) is 0 Å². The summed E-state index contributed by atoms with van der Waals surface area (Å²) in [6.45, 7) is 4.32. The van der Waals surface area contributed by atoms with Gasteiger partial charge in [-0.25, -0.2) is 0 Å². The highest BCUT2D eigenvalue weighted by Crippen LogP contribution is 2.15. The van der Waals surface area contributed by atoms with Crippen molar-refractivity contribution in [1.82, 2.24) is 0 Å². The summed E-state index contributed by atoms with van der Waals surface area (Å²) in [6.07, 6.45) is 40.7. The number of aliphatic carboxylic acids is 1. The third-order valence-electron chi connectivity index (χ3n) is 8.23. The van der Waals surface area contributed by atoms with Crippen molar-refractivity contribution in [3.8, 4) is 0 Å². The van der Waals surface area contributed by atoms with Gasteiger partial charge < -0.3 is 9.84 Å². The van der Waals surface area contributed by atoms with Crippen LogP contribution in [-0.4, -0.2) is 23.1 Å². The standard InChI is InChI=1S/C37H70O4/c1-3-4-5-6-7-8-9-10-11-12-13-14-19-22-25-28-31-34-37(40)41-35(2)32-29-26-23-20-17-15-16-18-21-24-27-30-33-36(38)39/h10-11,35H,3-9,12-34H2,1-2H3,(H,38,39)/b11-10-. The molecule has 1 unspecified atom stereocenters. The largest absolute Gasteiger partial charge is 0.481 e. The summed E-state index contributed by atoms with van der Waals surface area (Å²) < 4.78 is 5.62. The average molecular weight is 579 g/mol. The summed E-state index contributed by atoms with van der Waals surface area (Å²) in [6, 6.07) is 0. The van der Waals surface area contributed by atoms with E-state index >= 15 is 0 Å². The Morgan fingerprint density at radius 2 is 0.902 bits per heavy atom. The van der Waals surface area contributed by atoms with Gasteiger partial charge in [0.05, 0.1) is 6.10 Å². The molecule has 0 bridgehead atoms. The molecule has 0 aliphatic heterocycles. The molecule has 0 rings (SSSR count). The Morgan fingerprint density at radius 3 is 1.34 bits per heavy atom. The van der Waals surface area contributed by atoms with E-state index in [1.54, 1.807) is 0 Å². The van der Waals surface area contributed by atoms with Gasteiger partial charge >= 0.3 is 11.9 Å². The van der Waals surface area contributed by atoms with E-state index in [1.165, 1.54) is 141 Å². The van der Waals surface area contributed by atoms with E-state index in [1.807, 2.05) is 6.92 Å². The number of unbranched alkanes of at least 4 members (excludes halogenated alkanes) is 24. The fraction of sp³-hybridized carbons (Fsp3) is 0.892. The molecule has 1 atom stereocenters. The number of carbonyl (C=O) groups excluding carboxylic acids is 1. The van der Waals surface area contributed by atoms with E-state index in [0.29, 0.717) is 12.8 Å². The summed E-state index contributed by atoms with van der Waals surface area (Å²) in [7, 11) is 0. The molecule has 0 aromatic rings. The minimum absolute atomic E-state index is 0.00729. The van der Waals surface area contributed by atoms with Gasteiger partial charge in [0.2, 0.25) is 0 Å². The molecular weight excluding hydrogens is 508 g/mol. The van der Waals surface area contributed by atoms with Crippen LogP contribution < -0.4 is 0 Å². The number of hydrogen-bond acceptors (Lipinski definition) is 3. The normalized spacial score (nSPS) is 12.2. The van der Waals surface area contributed by atoms with Crippen molar-refractivity contribution in [3.63, 3.8) is 0 Å². The van der Waals surface area contributed by atoms with Gasteiger partial charge in [-0.3, -0.25) is 9.59 Å². The van der Waals surface area contributed by atoms with Gasteiger partial charge in [-0.1, -0.05) is 147 Å². The van der Waals surface area contributed by atoms with Crippen molar-refractivity contribution in [1.29, 1.82) is 0 Å². The number of ether oxygens (including phenoxy) is 1. The zero-order chi connectivity index (χ0) is 30.1. The minimum Gasteiger partial charge on any atom is -0.481 e. The van der Waals surface area contributed by atoms with Gasteiger partial charge in [0, 0.05) is 12.8 Å². The fourth-order valence-corrected chi connectivity index (χ4v) is 5.51. The van der Waals surface area contributed by atoms with Gasteiger partial charge in [-0.05, 0) is 58.3 Å². The molecule has 0 aromatic carbocycles. The Morgan fingerprint density at radius 1 is 0.537 bits per heavy atom. The third kappa shape index (κ3) is 34.8. The Kier molecular flexibility index (Phi) is 32.1. The summed E-state index contributed by atoms with van der Waals surface area (Å²) in [5, 5.41) is 8.63. The molecule has 0 aromatic heterocycles. The lowest BCUT2D eigenvalue weighted by molar-refractivity contribution is -0.148. The number of allylic oxidation sites excluding steroid dienone is 2. The second-order valence-corrected chi connectivity index (χ2v) is 12.5. The molecule has 0 radical (unpaired) electrons. The van der Waals surface area contributed by atoms with Crippen LogP contribution in [0.15, 0.2) is 12.2 Å². The number of esters is 1. The topological polar surface area (TPSA) is 63.6 Å². The first-order chi connectivity index (χ1) is 20.1. The lowest BCUT2D eigenvalue weighted by Crippen LogP contribution is -2.14. The Hall–Kier alpha value is -1.32. The van der Waals surface area contributed by atoms with Crippen LogP contribution in [0, 0.1) is 0 Å². The molecule has 0 spiro atoms. The monoisotopic (exact) mass is 579 g/mol. The zero-order valence-electron chi connectivity index (χ0n) is 27.6. The van der Waals surface area contributed by atoms with Gasteiger partial charge in [-0.2, -0.15) is 0 Å². The molecule has 0 fully saturated rings. The molecule has 0 aliphatic carbocycles. The number of hydrogen-bond donors (Lipinski definition) is 1. The van der Waals surface area contributed by atoms with Crippen molar-refractivity contribution in [3.05, 3.63) is 12.2 Å². The summed E-state index contributed by atoms with van der Waals surface area (Å²) >= 11 is 0. The fourth-order valence-electron chi connectivity index (χ4n) is 5.51. The second-order valence-electron chi connectivity index (χ2n) is 12.5. The first-order valence-corrected chi connectivity index (χ1v) is 18.1. The maximum Gasteiger partial charge on any atom is 0.306 e. The smallest absolute Gasteiger partial charge is 0.306 e. The summed E-state index contributed by atoms with van der Waals surface area (Å²) in [4.78, 5) is 22.6. The van der Waals surface area contributed by atoms with Crippen LogP contribution in [0.25, 0.3) is 0 Å². The lowest BCUT2D eigenvalue weighted by atomic mass is 10.0. The molecule has 4 heteroatoms. The van der Waals surface area contributed by atoms with E-state index in [-0.39, 0.29) is 12.1 Å². The van der Waals surface area contributed by atoms with Crippen LogP contribution in [0.5, 0.6) is 0 Å². The Bertz CT molecular complexity index is 585. The van der Waals surface area contributed by atoms with E-state index in [2.05, 4.69) is 19.1 Å². The molecule has 1 N–H and O–H groups in total. The molecule has 0 amide bonds. The van der Waals surface area contributed by atoms with Crippen molar-refractivity contribution in [2.45, 2.75) is 213 Å². The van der Waals surface area contributed by atoms with Crippen LogP contribution in [-0.2, 0) is 14.3 Å². The molecular formula is C37H70O4. The number of carboxylic acid groups (broad SMARTS) is 1. The average Bonchev–Trinajstić information content (AvgIpc) is 2.94. The van der Waals surface area contributed by atoms with Gasteiger partial charge in [0.25, 0.3) is 0 Å². The quantitative estimate of drug-likeness (QED) is 0.0478. The Labute approximate surface area is 255 Å². The van der Waals surface area contributed by atoms with Crippen molar-refractivity contribution in [2.24, 2.45) is 0 Å². The van der Waals surface area contributed by atoms with Gasteiger partial charge in [0.1, 0.15) is 0 Å². The van der Waals surface area contributed by atoms with E-state index < -0.39 is 5.97 Å². The first-order valence-electron chi connectivity index (χ1n) is 18.1. The maximum absolute atomic E-state index is 12.1. The first kappa shape index (κ1) is 39.7. The predicted molar refractivity (Wildman–Crippen MR) is 177 cm³/mol. The van der Waals surface area contributed by atoms with Crippen LogP contribution in [0.1, 0.15) is 206 Å². The van der Waals surface area contributed by atoms with Crippen LogP contribution in [0.3, 0.4) is 0 Å². The van der Waals surface area contributed by atoms with Crippen LogP contribution >= 0.6 is 0 Å². The highest BCUT2D eigenvalue weighted by molar-refractivity contribution is 5.69. The van der Waals surface area contributed by atoms with Crippen molar-refractivity contribution >= 4 is 11.9 Å². The maximum atomic E-state index is 12.1. The van der Waals surface area contributed by atoms with Gasteiger partial charge in [-0.15, -0.1) is 0 Å². The van der Waals surface area contributed by atoms with Crippen molar-refractivity contribution in [2.75, 3.05) is 0 Å². The summed E-state index contributed by atoms with van der Waals surface area (Å²) in [5.74, 6) is -0.679. The molecule has 0 saturated carbocycles. The highest BCUT2D eigenvalue weighted by atomic mass is 16.5. The molecule has 41 heavy (non-hydrogen) atoms. The minimum atomic E-state index is -0.671. The molecule has 4 nitrogen and oxygen atoms in total.